The minimum Gasteiger partial charge on any atom is -0.369 e. The fourth-order valence-corrected chi connectivity index (χ4v) is 2.38. The summed E-state index contributed by atoms with van der Waals surface area (Å²) in [6.45, 7) is 2.73. The fraction of sp³-hybridized carbons (Fsp3) is 0.769. The number of nitrogens with one attached hydrogen (secondary N) is 1. The molecular formula is C13H22N2O3. The molecule has 0 aromatic carbocycles. The highest BCUT2D eigenvalue weighted by Crippen LogP contribution is 2.39. The molecule has 0 bridgehead atoms. The van der Waals surface area contributed by atoms with Gasteiger partial charge in [-0.15, -0.1) is 0 Å². The molecule has 0 aromatic heterocycles. The molecule has 2 amide bonds. The number of aldehydes is 1. The van der Waals surface area contributed by atoms with E-state index in [1.165, 1.54) is 0 Å². The highest BCUT2D eigenvalue weighted by molar-refractivity contribution is 5.91. The summed E-state index contributed by atoms with van der Waals surface area (Å²) >= 11 is 0. The standard InChI is InChI=1S/C13H22N2O3/c1-2-3-4-5-6-15-13(18)11-9(8-16)7-10(11)12(14)17/h8-11H,2-7H2,1H3,(H2,14,17)(H,15,18). The lowest BCUT2D eigenvalue weighted by Gasteiger charge is -2.38. The molecule has 3 unspecified atom stereocenters. The van der Waals surface area contributed by atoms with Gasteiger partial charge in [-0.05, 0) is 12.8 Å². The largest absolute Gasteiger partial charge is 0.369 e. The zero-order valence-corrected chi connectivity index (χ0v) is 10.9. The van der Waals surface area contributed by atoms with Crippen molar-refractivity contribution in [3.8, 4) is 0 Å². The highest BCUT2D eigenvalue weighted by atomic mass is 16.2. The van der Waals surface area contributed by atoms with E-state index in [2.05, 4.69) is 12.2 Å². The second kappa shape index (κ2) is 7.13. The van der Waals surface area contributed by atoms with Crippen LogP contribution >= 0.6 is 0 Å². The maximum atomic E-state index is 11.9. The van der Waals surface area contributed by atoms with Gasteiger partial charge in [-0.1, -0.05) is 26.2 Å². The summed E-state index contributed by atoms with van der Waals surface area (Å²) in [5.41, 5.74) is 5.20. The van der Waals surface area contributed by atoms with Crippen LogP contribution in [0.4, 0.5) is 0 Å². The first-order chi connectivity index (χ1) is 8.61. The third kappa shape index (κ3) is 3.55. The van der Waals surface area contributed by atoms with Crippen LogP contribution in [0.25, 0.3) is 0 Å². The van der Waals surface area contributed by atoms with Crippen molar-refractivity contribution in [3.63, 3.8) is 0 Å². The quantitative estimate of drug-likeness (QED) is 0.491. The number of carbonyl (C=O) groups is 3. The van der Waals surface area contributed by atoms with Crippen molar-refractivity contribution in [2.24, 2.45) is 23.5 Å². The second-order valence-corrected chi connectivity index (χ2v) is 4.92. The first-order valence-electron chi connectivity index (χ1n) is 6.64. The zero-order chi connectivity index (χ0) is 13.5. The van der Waals surface area contributed by atoms with E-state index in [-0.39, 0.29) is 11.8 Å². The summed E-state index contributed by atoms with van der Waals surface area (Å²) in [6.07, 6.45) is 5.47. The summed E-state index contributed by atoms with van der Waals surface area (Å²) < 4.78 is 0. The molecule has 0 aliphatic heterocycles. The Labute approximate surface area is 107 Å². The molecule has 1 aliphatic rings. The molecule has 3 N–H and O–H groups in total. The number of amides is 2. The second-order valence-electron chi connectivity index (χ2n) is 4.92. The number of primary amides is 1. The van der Waals surface area contributed by atoms with Gasteiger partial charge in [0.1, 0.15) is 6.29 Å². The molecule has 0 heterocycles. The molecular weight excluding hydrogens is 232 g/mol. The average molecular weight is 254 g/mol. The minimum atomic E-state index is -0.550. The number of rotatable bonds is 8. The smallest absolute Gasteiger partial charge is 0.224 e. The van der Waals surface area contributed by atoms with Crippen molar-refractivity contribution < 1.29 is 14.4 Å². The topological polar surface area (TPSA) is 89.3 Å². The number of hydrogen-bond acceptors (Lipinski definition) is 3. The van der Waals surface area contributed by atoms with E-state index in [0.29, 0.717) is 13.0 Å². The van der Waals surface area contributed by atoms with Crippen molar-refractivity contribution in [1.29, 1.82) is 0 Å². The van der Waals surface area contributed by atoms with Crippen LogP contribution in [0.5, 0.6) is 0 Å². The molecule has 18 heavy (non-hydrogen) atoms. The fourth-order valence-electron chi connectivity index (χ4n) is 2.38. The minimum absolute atomic E-state index is 0.210. The van der Waals surface area contributed by atoms with Gasteiger partial charge < -0.3 is 15.8 Å². The summed E-state index contributed by atoms with van der Waals surface area (Å²) in [5, 5.41) is 2.79. The molecule has 5 nitrogen and oxygen atoms in total. The van der Waals surface area contributed by atoms with E-state index in [9.17, 15) is 14.4 Å². The van der Waals surface area contributed by atoms with Gasteiger partial charge in [-0.3, -0.25) is 9.59 Å². The van der Waals surface area contributed by atoms with E-state index in [1.807, 2.05) is 0 Å². The molecule has 102 valence electrons. The predicted molar refractivity (Wildman–Crippen MR) is 67.5 cm³/mol. The first kappa shape index (κ1) is 14.7. The van der Waals surface area contributed by atoms with Crippen LogP contribution in [-0.2, 0) is 14.4 Å². The summed E-state index contributed by atoms with van der Waals surface area (Å²) in [6, 6.07) is 0. The lowest BCUT2D eigenvalue weighted by Crippen LogP contribution is -2.52. The Morgan fingerprint density at radius 3 is 2.61 bits per heavy atom. The molecule has 1 aliphatic carbocycles. The number of unbranched alkanes of at least 4 members (excludes halogenated alkanes) is 3. The van der Waals surface area contributed by atoms with E-state index in [0.717, 1.165) is 32.0 Å². The van der Waals surface area contributed by atoms with Crippen LogP contribution in [0.3, 0.4) is 0 Å². The Hall–Kier alpha value is -1.39. The molecule has 0 radical (unpaired) electrons. The van der Waals surface area contributed by atoms with Crippen molar-refractivity contribution in [1.82, 2.24) is 5.32 Å². The van der Waals surface area contributed by atoms with Gasteiger partial charge in [0.15, 0.2) is 0 Å². The molecule has 0 aromatic rings. The van der Waals surface area contributed by atoms with Crippen LogP contribution in [0.1, 0.15) is 39.0 Å². The van der Waals surface area contributed by atoms with Crippen LogP contribution in [0.15, 0.2) is 0 Å². The van der Waals surface area contributed by atoms with Crippen LogP contribution in [0.2, 0.25) is 0 Å². The van der Waals surface area contributed by atoms with E-state index < -0.39 is 17.7 Å². The van der Waals surface area contributed by atoms with Gasteiger partial charge in [0, 0.05) is 12.5 Å². The monoisotopic (exact) mass is 254 g/mol. The Morgan fingerprint density at radius 1 is 1.33 bits per heavy atom. The lowest BCUT2D eigenvalue weighted by atomic mass is 9.64. The van der Waals surface area contributed by atoms with Crippen molar-refractivity contribution >= 4 is 18.1 Å². The van der Waals surface area contributed by atoms with E-state index in [4.69, 9.17) is 5.73 Å². The van der Waals surface area contributed by atoms with Gasteiger partial charge in [0.25, 0.3) is 0 Å². The molecule has 3 atom stereocenters. The SMILES string of the molecule is CCCCCCNC(=O)C1C(C=O)CC1C(N)=O. The van der Waals surface area contributed by atoms with Gasteiger partial charge in [0.2, 0.25) is 11.8 Å². The summed E-state index contributed by atoms with van der Waals surface area (Å²) in [5.74, 6) is -2.07. The number of hydrogen-bond donors (Lipinski definition) is 2. The Kier molecular flexibility index (Phi) is 5.82. The maximum Gasteiger partial charge on any atom is 0.224 e. The summed E-state index contributed by atoms with van der Waals surface area (Å²) in [4.78, 5) is 33.7. The zero-order valence-electron chi connectivity index (χ0n) is 10.9. The maximum absolute atomic E-state index is 11.9. The molecule has 1 rings (SSSR count). The molecule has 1 saturated carbocycles. The summed E-state index contributed by atoms with van der Waals surface area (Å²) in [7, 11) is 0. The molecule has 0 spiro atoms. The van der Waals surface area contributed by atoms with Crippen LogP contribution in [0, 0.1) is 17.8 Å². The lowest BCUT2D eigenvalue weighted by molar-refractivity contribution is -0.146. The van der Waals surface area contributed by atoms with Gasteiger partial charge in [0.05, 0.1) is 11.8 Å². The highest BCUT2D eigenvalue weighted by Gasteiger charge is 2.48. The predicted octanol–water partition coefficient (Wildman–Crippen LogP) is 0.619. The first-order valence-corrected chi connectivity index (χ1v) is 6.64. The third-order valence-corrected chi connectivity index (χ3v) is 3.59. The average Bonchev–Trinajstić information content (AvgIpc) is 2.27. The van der Waals surface area contributed by atoms with E-state index in [1.54, 1.807) is 0 Å². The Morgan fingerprint density at radius 2 is 2.06 bits per heavy atom. The van der Waals surface area contributed by atoms with Gasteiger partial charge in [-0.2, -0.15) is 0 Å². The van der Waals surface area contributed by atoms with Crippen molar-refractivity contribution in [2.45, 2.75) is 39.0 Å². The number of carbonyl (C=O) groups excluding carboxylic acids is 3. The Bertz CT molecular complexity index is 317. The van der Waals surface area contributed by atoms with Gasteiger partial charge in [-0.25, -0.2) is 0 Å². The van der Waals surface area contributed by atoms with E-state index >= 15 is 0 Å². The molecule has 1 fully saturated rings. The molecule has 0 saturated heterocycles. The van der Waals surface area contributed by atoms with Crippen LogP contribution < -0.4 is 11.1 Å². The Balaban J connectivity index is 2.34. The van der Waals surface area contributed by atoms with Crippen LogP contribution in [-0.4, -0.2) is 24.6 Å². The van der Waals surface area contributed by atoms with Crippen molar-refractivity contribution in [3.05, 3.63) is 0 Å². The normalized spacial score (nSPS) is 26.2. The van der Waals surface area contributed by atoms with Gasteiger partial charge >= 0.3 is 0 Å². The third-order valence-electron chi connectivity index (χ3n) is 3.59. The molecule has 5 heteroatoms. The van der Waals surface area contributed by atoms with Crippen molar-refractivity contribution in [2.75, 3.05) is 6.54 Å². The number of nitrogens with two attached hydrogens (primary N) is 1.